The lowest BCUT2D eigenvalue weighted by Gasteiger charge is -2.08. The van der Waals surface area contributed by atoms with Gasteiger partial charge in [-0.1, -0.05) is 17.7 Å². The number of benzene rings is 2. The molecule has 0 heterocycles. The number of carbonyl (C=O) groups is 1. The molecule has 2 rings (SSSR count). The van der Waals surface area contributed by atoms with Gasteiger partial charge >= 0.3 is 5.97 Å². The minimum Gasteiger partial charge on any atom is -0.494 e. The van der Waals surface area contributed by atoms with Crippen molar-refractivity contribution < 1.29 is 19.0 Å². The molecule has 0 radical (unpaired) electrons. The number of hydrogen-bond acceptors (Lipinski definition) is 4. The van der Waals surface area contributed by atoms with E-state index in [-0.39, 0.29) is 12.6 Å². The molecule has 0 aliphatic heterocycles. The molecule has 2 aromatic rings. The Morgan fingerprint density at radius 3 is 2.05 bits per heavy atom. The van der Waals surface area contributed by atoms with E-state index in [1.165, 1.54) is 0 Å². The fourth-order valence-electron chi connectivity index (χ4n) is 1.87. The summed E-state index contributed by atoms with van der Waals surface area (Å²) in [5.74, 6) is 1.19. The normalized spacial score (nSPS) is 10.1. The van der Waals surface area contributed by atoms with Crippen molar-refractivity contribution in [3.05, 3.63) is 59.7 Å². The van der Waals surface area contributed by atoms with E-state index in [9.17, 15) is 4.79 Å². The molecule has 0 aliphatic carbocycles. The highest BCUT2D eigenvalue weighted by atomic mass is 16.6. The molecule has 0 atom stereocenters. The lowest BCUT2D eigenvalue weighted by molar-refractivity contribution is 0.0450. The summed E-state index contributed by atoms with van der Waals surface area (Å²) >= 11 is 0. The molecule has 2 aromatic carbocycles. The number of rotatable bonds is 7. The molecule has 0 fully saturated rings. The number of aryl methyl sites for hydroxylation is 1. The van der Waals surface area contributed by atoms with Crippen molar-refractivity contribution in [1.82, 2.24) is 0 Å². The predicted molar refractivity (Wildman–Crippen MR) is 84.6 cm³/mol. The molecule has 0 aromatic heterocycles. The molecule has 0 saturated heterocycles. The highest BCUT2D eigenvalue weighted by molar-refractivity contribution is 5.89. The van der Waals surface area contributed by atoms with E-state index in [4.69, 9.17) is 14.2 Å². The lowest BCUT2D eigenvalue weighted by atomic mass is 10.1. The molecule has 0 N–H and O–H groups in total. The van der Waals surface area contributed by atoms with Gasteiger partial charge in [-0.15, -0.1) is 0 Å². The minimum atomic E-state index is -0.338. The van der Waals surface area contributed by atoms with Crippen LogP contribution in [0.3, 0.4) is 0 Å². The maximum Gasteiger partial charge on any atom is 0.338 e. The van der Waals surface area contributed by atoms with Gasteiger partial charge in [0.15, 0.2) is 0 Å². The molecule has 4 heteroatoms. The molecular weight excluding hydrogens is 280 g/mol. The zero-order valence-corrected chi connectivity index (χ0v) is 12.9. The molecule has 0 aliphatic rings. The van der Waals surface area contributed by atoms with Crippen LogP contribution in [0.2, 0.25) is 0 Å². The van der Waals surface area contributed by atoms with Gasteiger partial charge in [-0.3, -0.25) is 0 Å². The third-order valence-corrected chi connectivity index (χ3v) is 3.01. The number of esters is 1. The van der Waals surface area contributed by atoms with Crippen molar-refractivity contribution in [1.29, 1.82) is 0 Å². The summed E-state index contributed by atoms with van der Waals surface area (Å²) in [6.45, 7) is 5.06. The van der Waals surface area contributed by atoms with Crippen LogP contribution in [0.4, 0.5) is 0 Å². The molecule has 116 valence electrons. The van der Waals surface area contributed by atoms with Crippen LogP contribution >= 0.6 is 0 Å². The smallest absolute Gasteiger partial charge is 0.338 e. The van der Waals surface area contributed by atoms with Crippen LogP contribution in [0, 0.1) is 6.92 Å². The summed E-state index contributed by atoms with van der Waals surface area (Å²) in [6.07, 6.45) is 0. The van der Waals surface area contributed by atoms with Crippen LogP contribution in [0.15, 0.2) is 48.5 Å². The van der Waals surface area contributed by atoms with Gasteiger partial charge in [0.05, 0.1) is 12.2 Å². The van der Waals surface area contributed by atoms with Crippen LogP contribution in [-0.4, -0.2) is 25.8 Å². The fraction of sp³-hybridized carbons (Fsp3) is 0.278. The Hall–Kier alpha value is -2.49. The average Bonchev–Trinajstić information content (AvgIpc) is 2.54. The fourth-order valence-corrected chi connectivity index (χ4v) is 1.87. The van der Waals surface area contributed by atoms with Gasteiger partial charge in [0.1, 0.15) is 24.7 Å². The van der Waals surface area contributed by atoms with Crippen LogP contribution in [0.1, 0.15) is 22.8 Å². The Kier molecular flexibility index (Phi) is 5.83. The highest BCUT2D eigenvalue weighted by Crippen LogP contribution is 2.17. The molecule has 0 spiro atoms. The Labute approximate surface area is 130 Å². The third-order valence-electron chi connectivity index (χ3n) is 3.01. The van der Waals surface area contributed by atoms with E-state index < -0.39 is 0 Å². The van der Waals surface area contributed by atoms with Gasteiger partial charge < -0.3 is 14.2 Å². The number of hydrogen-bond donors (Lipinski definition) is 0. The molecule has 0 saturated carbocycles. The van der Waals surface area contributed by atoms with Crippen molar-refractivity contribution in [3.63, 3.8) is 0 Å². The second-order valence-electron chi connectivity index (χ2n) is 4.75. The highest BCUT2D eigenvalue weighted by Gasteiger charge is 2.06. The van der Waals surface area contributed by atoms with Crippen LogP contribution < -0.4 is 9.47 Å². The largest absolute Gasteiger partial charge is 0.494 e. The Balaban J connectivity index is 1.72. The van der Waals surface area contributed by atoms with Crippen molar-refractivity contribution in [2.75, 3.05) is 19.8 Å². The van der Waals surface area contributed by atoms with Gasteiger partial charge in [-0.05, 0) is 50.2 Å². The van der Waals surface area contributed by atoms with E-state index in [0.29, 0.717) is 18.8 Å². The predicted octanol–water partition coefficient (Wildman–Crippen LogP) is 3.63. The van der Waals surface area contributed by atoms with E-state index in [1.54, 1.807) is 12.1 Å². The minimum absolute atomic E-state index is 0.208. The van der Waals surface area contributed by atoms with Crippen molar-refractivity contribution in [2.45, 2.75) is 13.8 Å². The van der Waals surface area contributed by atoms with E-state index in [0.717, 1.165) is 17.1 Å². The van der Waals surface area contributed by atoms with Crippen LogP contribution in [0.25, 0.3) is 0 Å². The molecular formula is C18H20O4. The van der Waals surface area contributed by atoms with E-state index in [1.807, 2.05) is 50.2 Å². The average molecular weight is 300 g/mol. The zero-order chi connectivity index (χ0) is 15.8. The second-order valence-corrected chi connectivity index (χ2v) is 4.75. The van der Waals surface area contributed by atoms with Gasteiger partial charge in [-0.2, -0.15) is 0 Å². The maximum absolute atomic E-state index is 11.8. The standard InChI is InChI=1S/C18H20O4/c1-3-20-16-8-10-17(11-9-16)21-12-13-22-18(19)15-6-4-14(2)5-7-15/h4-11H,3,12-13H2,1-2H3. The monoisotopic (exact) mass is 300 g/mol. The Morgan fingerprint density at radius 1 is 0.864 bits per heavy atom. The van der Waals surface area contributed by atoms with Crippen molar-refractivity contribution in [3.8, 4) is 11.5 Å². The summed E-state index contributed by atoms with van der Waals surface area (Å²) in [4.78, 5) is 11.8. The van der Waals surface area contributed by atoms with Crippen LogP contribution in [-0.2, 0) is 4.74 Å². The zero-order valence-electron chi connectivity index (χ0n) is 12.9. The third kappa shape index (κ3) is 4.81. The summed E-state index contributed by atoms with van der Waals surface area (Å²) < 4.78 is 16.0. The van der Waals surface area contributed by atoms with Gasteiger partial charge in [0.2, 0.25) is 0 Å². The molecule has 0 bridgehead atoms. The first kappa shape index (κ1) is 15.9. The van der Waals surface area contributed by atoms with Crippen LogP contribution in [0.5, 0.6) is 11.5 Å². The summed E-state index contributed by atoms with van der Waals surface area (Å²) in [7, 11) is 0. The quantitative estimate of drug-likeness (QED) is 0.578. The molecule has 0 amide bonds. The van der Waals surface area contributed by atoms with E-state index >= 15 is 0 Å². The first-order valence-electron chi connectivity index (χ1n) is 7.28. The molecule has 4 nitrogen and oxygen atoms in total. The number of carbonyl (C=O) groups excluding carboxylic acids is 1. The number of ether oxygens (including phenoxy) is 3. The summed E-state index contributed by atoms with van der Waals surface area (Å²) in [5.41, 5.74) is 1.65. The van der Waals surface area contributed by atoms with Gasteiger partial charge in [0, 0.05) is 0 Å². The van der Waals surface area contributed by atoms with Crippen molar-refractivity contribution >= 4 is 5.97 Å². The molecule has 0 unspecified atom stereocenters. The summed E-state index contributed by atoms with van der Waals surface area (Å²) in [6, 6.07) is 14.6. The Bertz CT molecular complexity index is 587. The first-order chi connectivity index (χ1) is 10.7. The topological polar surface area (TPSA) is 44.8 Å². The van der Waals surface area contributed by atoms with Gasteiger partial charge in [-0.25, -0.2) is 4.79 Å². The summed E-state index contributed by atoms with van der Waals surface area (Å²) in [5, 5.41) is 0. The SMILES string of the molecule is CCOc1ccc(OCCOC(=O)c2ccc(C)cc2)cc1. The van der Waals surface area contributed by atoms with E-state index in [2.05, 4.69) is 0 Å². The second kappa shape index (κ2) is 8.08. The first-order valence-corrected chi connectivity index (χ1v) is 7.28. The molecule has 22 heavy (non-hydrogen) atoms. The maximum atomic E-state index is 11.8. The lowest BCUT2D eigenvalue weighted by Crippen LogP contribution is -2.12. The van der Waals surface area contributed by atoms with Gasteiger partial charge in [0.25, 0.3) is 0 Å². The van der Waals surface area contributed by atoms with Crippen molar-refractivity contribution in [2.24, 2.45) is 0 Å². The Morgan fingerprint density at radius 2 is 1.45 bits per heavy atom.